The number of likely N-dealkylation sites (N-methyl/N-ethyl adjacent to an activating group) is 1. The molecule has 7 heteroatoms. The average Bonchev–Trinajstić information content (AvgIpc) is 2.95. The van der Waals surface area contributed by atoms with Gasteiger partial charge in [0.25, 0.3) is 5.91 Å². The highest BCUT2D eigenvalue weighted by Gasteiger charge is 2.35. The van der Waals surface area contributed by atoms with E-state index >= 15 is 0 Å². The Kier molecular flexibility index (Phi) is 5.06. The second kappa shape index (κ2) is 6.46. The minimum Gasteiger partial charge on any atom is -0.333 e. The molecule has 0 bridgehead atoms. The molecule has 21 heavy (non-hydrogen) atoms. The van der Waals surface area contributed by atoms with Crippen molar-refractivity contribution in [2.45, 2.75) is 19.4 Å². The molecule has 1 aliphatic rings. The predicted molar refractivity (Wildman–Crippen MR) is 85.7 cm³/mol. The van der Waals surface area contributed by atoms with Crippen LogP contribution in [0.5, 0.6) is 0 Å². The van der Waals surface area contributed by atoms with Crippen molar-refractivity contribution in [2.24, 2.45) is 0 Å². The lowest BCUT2D eigenvalue weighted by Gasteiger charge is -2.29. The summed E-state index contributed by atoms with van der Waals surface area (Å²) < 4.78 is 23.4. The number of thiophene rings is 1. The molecule has 0 aliphatic carbocycles. The highest BCUT2D eigenvalue weighted by Crippen LogP contribution is 2.23. The standard InChI is InChI=1S/C14H22N2O3S2/c1-11-4-8-20-13(11)14(17)16(7-6-15(2)3)12-5-9-21(18,19)10-12/h4,8,12H,5-7,9-10H2,1-3H3. The first kappa shape index (κ1) is 16.5. The van der Waals surface area contributed by atoms with E-state index in [0.29, 0.717) is 13.0 Å². The maximum Gasteiger partial charge on any atom is 0.264 e. The number of sulfone groups is 1. The van der Waals surface area contributed by atoms with Gasteiger partial charge in [0.05, 0.1) is 16.4 Å². The second-order valence-electron chi connectivity index (χ2n) is 5.79. The molecule has 2 rings (SSSR count). The summed E-state index contributed by atoms with van der Waals surface area (Å²) in [5.74, 6) is 0.245. The van der Waals surface area contributed by atoms with Crippen molar-refractivity contribution in [2.75, 3.05) is 38.7 Å². The van der Waals surface area contributed by atoms with Gasteiger partial charge in [-0.05, 0) is 44.4 Å². The Hall–Kier alpha value is -0.920. The molecule has 1 fully saturated rings. The van der Waals surface area contributed by atoms with Crippen molar-refractivity contribution >= 4 is 27.1 Å². The Labute approximate surface area is 130 Å². The molecule has 5 nitrogen and oxygen atoms in total. The number of aryl methyl sites for hydroxylation is 1. The van der Waals surface area contributed by atoms with Crippen LogP contribution in [-0.2, 0) is 9.84 Å². The van der Waals surface area contributed by atoms with E-state index in [1.54, 1.807) is 4.90 Å². The number of rotatable bonds is 5. The number of carbonyl (C=O) groups excluding carboxylic acids is 1. The molecule has 0 N–H and O–H groups in total. The average molecular weight is 330 g/mol. The molecule has 1 unspecified atom stereocenters. The van der Waals surface area contributed by atoms with Gasteiger partial charge in [-0.2, -0.15) is 0 Å². The predicted octanol–water partition coefficient (Wildman–Crippen LogP) is 1.25. The van der Waals surface area contributed by atoms with Gasteiger partial charge in [0.1, 0.15) is 0 Å². The van der Waals surface area contributed by atoms with E-state index in [1.807, 2.05) is 37.4 Å². The van der Waals surface area contributed by atoms with Gasteiger partial charge in [-0.3, -0.25) is 4.79 Å². The highest BCUT2D eigenvalue weighted by molar-refractivity contribution is 7.91. The van der Waals surface area contributed by atoms with Crippen LogP contribution in [-0.4, -0.2) is 68.9 Å². The zero-order valence-corrected chi connectivity index (χ0v) is 14.3. The Morgan fingerprint density at radius 1 is 1.38 bits per heavy atom. The van der Waals surface area contributed by atoms with Crippen LogP contribution in [0.15, 0.2) is 11.4 Å². The summed E-state index contributed by atoms with van der Waals surface area (Å²) in [5.41, 5.74) is 0.959. The van der Waals surface area contributed by atoms with Crippen LogP contribution < -0.4 is 0 Å². The number of nitrogens with zero attached hydrogens (tertiary/aromatic N) is 2. The van der Waals surface area contributed by atoms with Crippen LogP contribution in [0.25, 0.3) is 0 Å². The minimum absolute atomic E-state index is 0.0357. The smallest absolute Gasteiger partial charge is 0.264 e. The lowest BCUT2D eigenvalue weighted by Crippen LogP contribution is -2.44. The summed E-state index contributed by atoms with van der Waals surface area (Å²) in [5, 5.41) is 1.90. The molecule has 0 saturated carbocycles. The first-order chi connectivity index (χ1) is 9.80. The third kappa shape index (κ3) is 4.05. The number of hydrogen-bond acceptors (Lipinski definition) is 5. The van der Waals surface area contributed by atoms with Gasteiger partial charge in [0, 0.05) is 19.1 Å². The van der Waals surface area contributed by atoms with Crippen molar-refractivity contribution in [1.29, 1.82) is 0 Å². The van der Waals surface area contributed by atoms with E-state index in [9.17, 15) is 13.2 Å². The number of hydrogen-bond donors (Lipinski definition) is 0. The SMILES string of the molecule is Cc1ccsc1C(=O)N(CCN(C)C)C1CCS(=O)(=O)C1. The molecule has 0 radical (unpaired) electrons. The van der Waals surface area contributed by atoms with Crippen LogP contribution in [0.3, 0.4) is 0 Å². The molecular formula is C14H22N2O3S2. The van der Waals surface area contributed by atoms with Crippen LogP contribution >= 0.6 is 11.3 Å². The molecule has 1 aromatic rings. The molecule has 1 aromatic heterocycles. The van der Waals surface area contributed by atoms with E-state index < -0.39 is 9.84 Å². The molecule has 2 heterocycles. The first-order valence-electron chi connectivity index (χ1n) is 7.00. The molecule has 1 aliphatic heterocycles. The topological polar surface area (TPSA) is 57.7 Å². The van der Waals surface area contributed by atoms with E-state index in [2.05, 4.69) is 0 Å². The molecule has 118 valence electrons. The van der Waals surface area contributed by atoms with Crippen LogP contribution in [0, 0.1) is 6.92 Å². The van der Waals surface area contributed by atoms with E-state index in [1.165, 1.54) is 11.3 Å². The molecule has 1 amide bonds. The van der Waals surface area contributed by atoms with Gasteiger partial charge in [-0.1, -0.05) is 0 Å². The summed E-state index contributed by atoms with van der Waals surface area (Å²) in [7, 11) is 0.902. The van der Waals surface area contributed by atoms with Crippen molar-refractivity contribution in [1.82, 2.24) is 9.80 Å². The number of amides is 1. The monoisotopic (exact) mass is 330 g/mol. The normalized spacial score (nSPS) is 20.9. The Morgan fingerprint density at radius 3 is 2.57 bits per heavy atom. The summed E-state index contributed by atoms with van der Waals surface area (Å²) >= 11 is 1.42. The summed E-state index contributed by atoms with van der Waals surface area (Å²) in [6, 6.07) is 1.73. The van der Waals surface area contributed by atoms with Crippen molar-refractivity contribution in [3.8, 4) is 0 Å². The maximum absolute atomic E-state index is 12.8. The van der Waals surface area contributed by atoms with Crippen molar-refractivity contribution < 1.29 is 13.2 Å². The van der Waals surface area contributed by atoms with Crippen LogP contribution in [0.4, 0.5) is 0 Å². The Bertz CT molecular complexity index is 607. The molecular weight excluding hydrogens is 308 g/mol. The highest BCUT2D eigenvalue weighted by atomic mass is 32.2. The lowest BCUT2D eigenvalue weighted by atomic mass is 10.2. The molecule has 1 saturated heterocycles. The lowest BCUT2D eigenvalue weighted by molar-refractivity contribution is 0.0688. The molecule has 0 spiro atoms. The van der Waals surface area contributed by atoms with Gasteiger partial charge < -0.3 is 9.80 Å². The van der Waals surface area contributed by atoms with Crippen LogP contribution in [0.2, 0.25) is 0 Å². The van der Waals surface area contributed by atoms with Crippen LogP contribution in [0.1, 0.15) is 21.7 Å². The first-order valence-corrected chi connectivity index (χ1v) is 9.70. The van der Waals surface area contributed by atoms with E-state index in [-0.39, 0.29) is 23.5 Å². The van der Waals surface area contributed by atoms with Gasteiger partial charge in [-0.15, -0.1) is 11.3 Å². The fourth-order valence-electron chi connectivity index (χ4n) is 2.50. The fraction of sp³-hybridized carbons (Fsp3) is 0.643. The van der Waals surface area contributed by atoms with Gasteiger partial charge in [0.2, 0.25) is 0 Å². The quantitative estimate of drug-likeness (QED) is 0.815. The van der Waals surface area contributed by atoms with E-state index in [4.69, 9.17) is 0 Å². The number of carbonyl (C=O) groups is 1. The molecule has 0 aromatic carbocycles. The van der Waals surface area contributed by atoms with Crippen molar-refractivity contribution in [3.63, 3.8) is 0 Å². The minimum atomic E-state index is -3.00. The third-order valence-corrected chi connectivity index (χ3v) is 6.51. The molecule has 1 atom stereocenters. The second-order valence-corrected chi connectivity index (χ2v) is 8.94. The third-order valence-electron chi connectivity index (χ3n) is 3.75. The Morgan fingerprint density at radius 2 is 2.10 bits per heavy atom. The maximum atomic E-state index is 12.8. The zero-order valence-electron chi connectivity index (χ0n) is 12.7. The summed E-state index contributed by atoms with van der Waals surface area (Å²) in [6.07, 6.45) is 0.548. The van der Waals surface area contributed by atoms with Gasteiger partial charge in [0.15, 0.2) is 9.84 Å². The van der Waals surface area contributed by atoms with Crippen molar-refractivity contribution in [3.05, 3.63) is 21.9 Å². The largest absolute Gasteiger partial charge is 0.333 e. The Balaban J connectivity index is 2.20. The van der Waals surface area contributed by atoms with Gasteiger partial charge in [-0.25, -0.2) is 8.42 Å². The summed E-state index contributed by atoms with van der Waals surface area (Å²) in [4.78, 5) is 17.2. The van der Waals surface area contributed by atoms with E-state index in [0.717, 1.165) is 17.0 Å². The van der Waals surface area contributed by atoms with Gasteiger partial charge >= 0.3 is 0 Å². The zero-order chi connectivity index (χ0) is 15.6. The fourth-order valence-corrected chi connectivity index (χ4v) is 5.11. The summed E-state index contributed by atoms with van der Waals surface area (Å²) in [6.45, 7) is 3.20.